The van der Waals surface area contributed by atoms with Crippen LogP contribution in [0.2, 0.25) is 0 Å². The lowest BCUT2D eigenvalue weighted by molar-refractivity contribution is 0.597. The Bertz CT molecular complexity index is 886. The summed E-state index contributed by atoms with van der Waals surface area (Å²) in [6, 6.07) is 12.2. The fraction of sp³-hybridized carbons (Fsp3) is 0. The van der Waals surface area contributed by atoms with E-state index in [1.807, 2.05) is 24.3 Å². The molecule has 0 saturated heterocycles. The van der Waals surface area contributed by atoms with Crippen molar-refractivity contribution in [1.82, 2.24) is 4.98 Å². The molecule has 8 heteroatoms. The van der Waals surface area contributed by atoms with Gasteiger partial charge in [-0.2, -0.15) is 0 Å². The molecule has 3 aromatic rings. The molecule has 21 heavy (non-hydrogen) atoms. The molecule has 0 aliphatic carbocycles. The average molecular weight is 337 g/mol. The minimum atomic E-state index is -3.74. The highest BCUT2D eigenvalue weighted by molar-refractivity contribution is 8.01. The van der Waals surface area contributed by atoms with Gasteiger partial charge in [0.1, 0.15) is 0 Å². The minimum Gasteiger partial charge on any atom is -0.398 e. The van der Waals surface area contributed by atoms with Crippen LogP contribution in [0.1, 0.15) is 0 Å². The number of aromatic nitrogens is 1. The Labute approximate surface area is 130 Å². The maximum atomic E-state index is 11.4. The van der Waals surface area contributed by atoms with Crippen LogP contribution in [0.5, 0.6) is 0 Å². The molecule has 1 aromatic heterocycles. The summed E-state index contributed by atoms with van der Waals surface area (Å²) in [5.41, 5.74) is 7.30. The first-order valence-electron chi connectivity index (χ1n) is 5.89. The first-order valence-corrected chi connectivity index (χ1v) is 9.07. The summed E-state index contributed by atoms with van der Waals surface area (Å²) in [7, 11) is -3.74. The second-order valence-corrected chi connectivity index (χ2v) is 8.18. The van der Waals surface area contributed by atoms with Gasteiger partial charge in [0.2, 0.25) is 10.0 Å². The van der Waals surface area contributed by atoms with Crippen LogP contribution in [-0.4, -0.2) is 13.4 Å². The molecular weight excluding hydrogens is 326 g/mol. The summed E-state index contributed by atoms with van der Waals surface area (Å²) >= 11 is 2.86. The molecule has 0 radical (unpaired) electrons. The number of nitrogen functional groups attached to an aromatic ring is 1. The third-order valence-electron chi connectivity index (χ3n) is 2.79. The van der Waals surface area contributed by atoms with Crippen LogP contribution in [0.15, 0.2) is 56.6 Å². The summed E-state index contributed by atoms with van der Waals surface area (Å²) < 4.78 is 24.7. The van der Waals surface area contributed by atoms with Crippen molar-refractivity contribution in [1.29, 1.82) is 0 Å². The van der Waals surface area contributed by atoms with Crippen LogP contribution in [0.25, 0.3) is 10.2 Å². The molecule has 4 N–H and O–H groups in total. The van der Waals surface area contributed by atoms with E-state index in [1.165, 1.54) is 41.3 Å². The van der Waals surface area contributed by atoms with E-state index in [9.17, 15) is 8.42 Å². The average Bonchev–Trinajstić information content (AvgIpc) is 2.82. The van der Waals surface area contributed by atoms with Crippen LogP contribution in [0.3, 0.4) is 0 Å². The highest BCUT2D eigenvalue weighted by Crippen LogP contribution is 2.37. The normalized spacial score (nSPS) is 11.9. The molecule has 0 amide bonds. The molecule has 5 nitrogen and oxygen atoms in total. The Balaban J connectivity index is 2.01. The molecule has 0 atom stereocenters. The second-order valence-electron chi connectivity index (χ2n) is 4.29. The Morgan fingerprint density at radius 1 is 1.14 bits per heavy atom. The van der Waals surface area contributed by atoms with Crippen molar-refractivity contribution in [3.05, 3.63) is 42.5 Å². The zero-order valence-electron chi connectivity index (χ0n) is 10.7. The van der Waals surface area contributed by atoms with Gasteiger partial charge >= 0.3 is 0 Å². The predicted octanol–water partition coefficient (Wildman–Crippen LogP) is 2.68. The monoisotopic (exact) mass is 337 g/mol. The van der Waals surface area contributed by atoms with E-state index < -0.39 is 10.0 Å². The number of thiazole rings is 1. The van der Waals surface area contributed by atoms with Gasteiger partial charge in [-0.05, 0) is 30.3 Å². The lowest BCUT2D eigenvalue weighted by Crippen LogP contribution is -2.12. The van der Waals surface area contributed by atoms with E-state index >= 15 is 0 Å². The quantitative estimate of drug-likeness (QED) is 0.716. The number of hydrogen-bond donors (Lipinski definition) is 2. The number of nitrogens with two attached hydrogens (primary N) is 2. The zero-order chi connectivity index (χ0) is 15.0. The summed E-state index contributed by atoms with van der Waals surface area (Å²) in [5, 5.41) is 5.14. The molecule has 0 spiro atoms. The van der Waals surface area contributed by atoms with Gasteiger partial charge in [-0.15, -0.1) is 11.3 Å². The molecular formula is C13H11N3O2S3. The smallest absolute Gasteiger partial charge is 0.238 e. The molecule has 3 rings (SSSR count). The van der Waals surface area contributed by atoms with Gasteiger partial charge in [0.15, 0.2) is 4.34 Å². The molecule has 0 aliphatic heterocycles. The third kappa shape index (κ3) is 3.03. The molecule has 1 heterocycles. The van der Waals surface area contributed by atoms with Gasteiger partial charge in [0, 0.05) is 10.6 Å². The first kappa shape index (κ1) is 14.3. The maximum Gasteiger partial charge on any atom is 0.238 e. The molecule has 108 valence electrons. The summed E-state index contributed by atoms with van der Waals surface area (Å²) in [4.78, 5) is 5.15. The van der Waals surface area contributed by atoms with Crippen molar-refractivity contribution in [3.8, 4) is 0 Å². The van der Waals surface area contributed by atoms with Crippen molar-refractivity contribution >= 4 is 49.0 Å². The van der Waals surface area contributed by atoms with Crippen molar-refractivity contribution in [2.75, 3.05) is 5.73 Å². The van der Waals surface area contributed by atoms with Crippen molar-refractivity contribution < 1.29 is 8.42 Å². The fourth-order valence-corrected chi connectivity index (χ4v) is 4.49. The van der Waals surface area contributed by atoms with E-state index in [-0.39, 0.29) is 4.90 Å². The third-order valence-corrected chi connectivity index (χ3v) is 5.87. The molecule has 0 unspecified atom stereocenters. The minimum absolute atomic E-state index is 0.0420. The molecule has 0 bridgehead atoms. The van der Waals surface area contributed by atoms with E-state index in [2.05, 4.69) is 4.98 Å². The molecule has 0 aliphatic rings. The van der Waals surface area contributed by atoms with Gasteiger partial charge < -0.3 is 5.73 Å². The maximum absolute atomic E-state index is 11.4. The topological polar surface area (TPSA) is 99.1 Å². The van der Waals surface area contributed by atoms with Crippen LogP contribution in [-0.2, 0) is 10.0 Å². The number of para-hydroxylation sites is 1. The number of primary sulfonamides is 1. The summed E-state index contributed by atoms with van der Waals surface area (Å²) in [5.74, 6) is 0. The van der Waals surface area contributed by atoms with Gasteiger partial charge in [-0.3, -0.25) is 0 Å². The van der Waals surface area contributed by atoms with Gasteiger partial charge in [0.25, 0.3) is 0 Å². The van der Waals surface area contributed by atoms with Gasteiger partial charge in [-0.1, -0.05) is 23.9 Å². The van der Waals surface area contributed by atoms with Crippen molar-refractivity contribution in [2.45, 2.75) is 14.1 Å². The first-order chi connectivity index (χ1) is 9.93. The van der Waals surface area contributed by atoms with E-state index in [0.29, 0.717) is 10.6 Å². The number of anilines is 1. The molecule has 0 fully saturated rings. The Morgan fingerprint density at radius 2 is 1.90 bits per heavy atom. The van der Waals surface area contributed by atoms with Gasteiger partial charge in [-0.25, -0.2) is 18.5 Å². The van der Waals surface area contributed by atoms with Crippen LogP contribution >= 0.6 is 23.1 Å². The van der Waals surface area contributed by atoms with Crippen molar-refractivity contribution in [3.63, 3.8) is 0 Å². The largest absolute Gasteiger partial charge is 0.398 e. The molecule has 2 aromatic carbocycles. The number of fused-ring (bicyclic) bond motifs is 1. The Hall–Kier alpha value is -1.61. The fourth-order valence-electron chi connectivity index (χ4n) is 1.77. The predicted molar refractivity (Wildman–Crippen MR) is 86.0 cm³/mol. The number of hydrogen-bond acceptors (Lipinski definition) is 6. The number of nitrogens with zero attached hydrogens (tertiary/aromatic N) is 1. The second kappa shape index (κ2) is 5.30. The van der Waals surface area contributed by atoms with Crippen LogP contribution in [0, 0.1) is 0 Å². The summed E-state index contributed by atoms with van der Waals surface area (Å²) in [6.07, 6.45) is 0. The lowest BCUT2D eigenvalue weighted by Gasteiger charge is -2.05. The summed E-state index contributed by atoms with van der Waals surface area (Å²) in [6.45, 7) is 0. The highest BCUT2D eigenvalue weighted by atomic mass is 32.2. The molecule has 0 saturated carbocycles. The standard InChI is InChI=1S/C13H11N3O2S3/c14-9-6-5-8(21(15,17)18)7-12(9)20-13-16-10-3-1-2-4-11(10)19-13/h1-7H,14H2,(H2,15,17,18). The number of benzene rings is 2. The van der Waals surface area contributed by atoms with Crippen LogP contribution < -0.4 is 10.9 Å². The number of rotatable bonds is 3. The van der Waals surface area contributed by atoms with Crippen molar-refractivity contribution in [2.24, 2.45) is 5.14 Å². The van der Waals surface area contributed by atoms with E-state index in [0.717, 1.165) is 14.6 Å². The Morgan fingerprint density at radius 3 is 2.62 bits per heavy atom. The SMILES string of the molecule is Nc1ccc(S(N)(=O)=O)cc1Sc1nc2ccccc2s1. The highest BCUT2D eigenvalue weighted by Gasteiger charge is 2.13. The van der Waals surface area contributed by atoms with Crippen LogP contribution in [0.4, 0.5) is 5.69 Å². The van der Waals surface area contributed by atoms with E-state index in [4.69, 9.17) is 10.9 Å². The van der Waals surface area contributed by atoms with E-state index in [1.54, 1.807) is 0 Å². The van der Waals surface area contributed by atoms with Gasteiger partial charge in [0.05, 0.1) is 15.1 Å². The zero-order valence-corrected chi connectivity index (χ0v) is 13.1. The lowest BCUT2D eigenvalue weighted by atomic mass is 10.3. The Kier molecular flexibility index (Phi) is 3.62. The number of sulfonamides is 1.